The summed E-state index contributed by atoms with van der Waals surface area (Å²) in [5.41, 5.74) is 2.13. The second kappa shape index (κ2) is 5.01. The molecule has 0 aliphatic heterocycles. The topological polar surface area (TPSA) is 84.3 Å². The van der Waals surface area contributed by atoms with Crippen LogP contribution in [0.5, 0.6) is 0 Å². The molecule has 0 saturated carbocycles. The molecular formula is C13H17N7. The first-order chi connectivity index (χ1) is 9.66. The van der Waals surface area contributed by atoms with E-state index in [1.807, 2.05) is 32.2 Å². The minimum atomic E-state index is 0.00330. The van der Waals surface area contributed by atoms with Gasteiger partial charge in [0.05, 0.1) is 23.1 Å². The van der Waals surface area contributed by atoms with Gasteiger partial charge < -0.3 is 4.57 Å². The van der Waals surface area contributed by atoms with Crippen LogP contribution in [0, 0.1) is 0 Å². The van der Waals surface area contributed by atoms with Crippen molar-refractivity contribution in [2.45, 2.75) is 25.9 Å². The monoisotopic (exact) mass is 271 g/mol. The first-order valence-corrected chi connectivity index (χ1v) is 6.57. The summed E-state index contributed by atoms with van der Waals surface area (Å²) < 4.78 is 2.11. The highest BCUT2D eigenvalue weighted by molar-refractivity contribution is 5.75. The minimum absolute atomic E-state index is 0.00330. The van der Waals surface area contributed by atoms with Crippen molar-refractivity contribution < 1.29 is 0 Å². The third kappa shape index (κ3) is 2.16. The number of fused-ring (bicyclic) bond motifs is 1. The van der Waals surface area contributed by atoms with Gasteiger partial charge in [-0.25, -0.2) is 4.98 Å². The minimum Gasteiger partial charge on any atom is -0.330 e. The van der Waals surface area contributed by atoms with Crippen molar-refractivity contribution in [3.63, 3.8) is 0 Å². The molecule has 2 atom stereocenters. The van der Waals surface area contributed by atoms with Crippen LogP contribution in [0.25, 0.3) is 11.0 Å². The molecule has 2 unspecified atom stereocenters. The molecule has 0 spiro atoms. The Morgan fingerprint density at radius 3 is 2.70 bits per heavy atom. The van der Waals surface area contributed by atoms with Gasteiger partial charge in [-0.2, -0.15) is 5.21 Å². The number of aryl methyl sites for hydroxylation is 1. The van der Waals surface area contributed by atoms with Gasteiger partial charge in [-0.15, -0.1) is 10.2 Å². The Labute approximate surface area is 116 Å². The van der Waals surface area contributed by atoms with Gasteiger partial charge in [-0.1, -0.05) is 17.3 Å². The van der Waals surface area contributed by atoms with Gasteiger partial charge in [0.1, 0.15) is 5.82 Å². The molecule has 0 saturated heterocycles. The van der Waals surface area contributed by atoms with E-state index in [2.05, 4.69) is 48.5 Å². The van der Waals surface area contributed by atoms with Crippen molar-refractivity contribution in [2.24, 2.45) is 7.05 Å². The summed E-state index contributed by atoms with van der Waals surface area (Å²) in [5.74, 6) is 1.64. The summed E-state index contributed by atoms with van der Waals surface area (Å²) in [6.07, 6.45) is 0. The summed E-state index contributed by atoms with van der Waals surface area (Å²) in [6, 6.07) is 8.20. The molecule has 7 nitrogen and oxygen atoms in total. The van der Waals surface area contributed by atoms with Crippen LogP contribution >= 0.6 is 0 Å². The van der Waals surface area contributed by atoms with Gasteiger partial charge in [-0.05, 0) is 26.0 Å². The van der Waals surface area contributed by atoms with Gasteiger partial charge in [-0.3, -0.25) is 5.32 Å². The lowest BCUT2D eigenvalue weighted by Crippen LogP contribution is -2.25. The van der Waals surface area contributed by atoms with E-state index in [1.165, 1.54) is 0 Å². The van der Waals surface area contributed by atoms with Crippen molar-refractivity contribution in [1.82, 2.24) is 35.5 Å². The van der Waals surface area contributed by atoms with Gasteiger partial charge in [0, 0.05) is 7.05 Å². The molecule has 20 heavy (non-hydrogen) atoms. The molecule has 0 radical (unpaired) electrons. The van der Waals surface area contributed by atoms with E-state index in [4.69, 9.17) is 0 Å². The van der Waals surface area contributed by atoms with E-state index in [0.29, 0.717) is 5.82 Å². The highest BCUT2D eigenvalue weighted by Crippen LogP contribution is 2.21. The van der Waals surface area contributed by atoms with Crippen molar-refractivity contribution in [3.05, 3.63) is 35.9 Å². The van der Waals surface area contributed by atoms with E-state index >= 15 is 0 Å². The quantitative estimate of drug-likeness (QED) is 0.751. The second-order valence-electron chi connectivity index (χ2n) is 4.90. The molecule has 2 heterocycles. The third-order valence-electron chi connectivity index (χ3n) is 3.46. The standard InChI is InChI=1S/C13H17N7/c1-8(12-16-18-19-17-12)14-9(2)13-15-10-6-4-5-7-11(10)20(13)3/h4-9,14H,1-3H3,(H,16,17,18,19). The Bertz CT molecular complexity index is 701. The van der Waals surface area contributed by atoms with Gasteiger partial charge in [0.25, 0.3) is 0 Å². The summed E-state index contributed by atoms with van der Waals surface area (Å²) in [5, 5.41) is 17.5. The van der Waals surface area contributed by atoms with Crippen molar-refractivity contribution in [2.75, 3.05) is 0 Å². The number of para-hydroxylation sites is 2. The fourth-order valence-corrected chi connectivity index (χ4v) is 2.43. The average Bonchev–Trinajstić information content (AvgIpc) is 3.07. The number of nitrogens with zero attached hydrogens (tertiary/aromatic N) is 5. The van der Waals surface area contributed by atoms with Crippen LogP contribution in [-0.2, 0) is 7.05 Å². The Morgan fingerprint density at radius 1 is 1.20 bits per heavy atom. The molecule has 1 aromatic carbocycles. The fraction of sp³-hybridized carbons (Fsp3) is 0.385. The van der Waals surface area contributed by atoms with Gasteiger partial charge >= 0.3 is 0 Å². The molecule has 0 fully saturated rings. The lowest BCUT2D eigenvalue weighted by atomic mass is 10.2. The Kier molecular flexibility index (Phi) is 3.19. The number of aromatic amines is 1. The maximum absolute atomic E-state index is 4.68. The molecule has 3 rings (SSSR count). The van der Waals surface area contributed by atoms with Crippen LogP contribution in [0.1, 0.15) is 37.6 Å². The van der Waals surface area contributed by atoms with Crippen LogP contribution in [0.15, 0.2) is 24.3 Å². The number of hydrogen-bond acceptors (Lipinski definition) is 5. The SMILES string of the molecule is CC(NC(C)c1nc2ccccc2n1C)c1nn[nH]n1. The Hall–Kier alpha value is -2.28. The zero-order valence-corrected chi connectivity index (χ0v) is 11.7. The summed E-state index contributed by atoms with van der Waals surface area (Å²) >= 11 is 0. The Balaban J connectivity index is 1.85. The highest BCUT2D eigenvalue weighted by Gasteiger charge is 2.18. The molecule has 2 N–H and O–H groups in total. The zero-order valence-electron chi connectivity index (χ0n) is 11.7. The first-order valence-electron chi connectivity index (χ1n) is 6.57. The molecule has 0 aliphatic rings. The summed E-state index contributed by atoms with van der Waals surface area (Å²) in [4.78, 5) is 4.68. The molecule has 0 bridgehead atoms. The number of nitrogens with one attached hydrogen (secondary N) is 2. The molecule has 0 aliphatic carbocycles. The summed E-state index contributed by atoms with van der Waals surface area (Å²) in [7, 11) is 2.03. The molecule has 2 aromatic heterocycles. The molecule has 0 amide bonds. The largest absolute Gasteiger partial charge is 0.330 e. The van der Waals surface area contributed by atoms with Crippen LogP contribution in [-0.4, -0.2) is 30.2 Å². The number of imidazole rings is 1. The molecule has 7 heteroatoms. The van der Waals surface area contributed by atoms with Crippen LogP contribution < -0.4 is 5.32 Å². The lowest BCUT2D eigenvalue weighted by molar-refractivity contribution is 0.454. The normalized spacial score (nSPS) is 14.6. The molecule has 3 aromatic rings. The van der Waals surface area contributed by atoms with Crippen LogP contribution in [0.3, 0.4) is 0 Å². The van der Waals surface area contributed by atoms with Crippen LogP contribution in [0.2, 0.25) is 0 Å². The number of aromatic nitrogens is 6. The van der Waals surface area contributed by atoms with Crippen LogP contribution in [0.4, 0.5) is 0 Å². The maximum Gasteiger partial charge on any atom is 0.191 e. The van der Waals surface area contributed by atoms with E-state index in [0.717, 1.165) is 16.9 Å². The van der Waals surface area contributed by atoms with E-state index in [9.17, 15) is 0 Å². The third-order valence-corrected chi connectivity index (χ3v) is 3.46. The molecular weight excluding hydrogens is 254 g/mol. The maximum atomic E-state index is 4.68. The summed E-state index contributed by atoms with van der Waals surface area (Å²) in [6.45, 7) is 4.09. The van der Waals surface area contributed by atoms with Crippen molar-refractivity contribution >= 4 is 11.0 Å². The average molecular weight is 271 g/mol. The first kappa shape index (κ1) is 12.7. The highest BCUT2D eigenvalue weighted by atomic mass is 15.5. The Morgan fingerprint density at radius 2 is 2.00 bits per heavy atom. The zero-order chi connectivity index (χ0) is 14.1. The fourth-order valence-electron chi connectivity index (χ4n) is 2.43. The van der Waals surface area contributed by atoms with Crippen molar-refractivity contribution in [3.8, 4) is 0 Å². The number of tetrazole rings is 1. The number of rotatable bonds is 4. The predicted octanol–water partition coefficient (Wildman–Crippen LogP) is 1.50. The number of hydrogen-bond donors (Lipinski definition) is 2. The number of benzene rings is 1. The second-order valence-corrected chi connectivity index (χ2v) is 4.90. The van der Waals surface area contributed by atoms with E-state index < -0.39 is 0 Å². The van der Waals surface area contributed by atoms with Gasteiger partial charge in [0.15, 0.2) is 5.82 Å². The smallest absolute Gasteiger partial charge is 0.191 e. The van der Waals surface area contributed by atoms with E-state index in [1.54, 1.807) is 0 Å². The number of H-pyrrole nitrogens is 1. The van der Waals surface area contributed by atoms with E-state index in [-0.39, 0.29) is 12.1 Å². The molecule has 104 valence electrons. The lowest BCUT2D eigenvalue weighted by Gasteiger charge is -2.17. The predicted molar refractivity (Wildman–Crippen MR) is 74.9 cm³/mol. The van der Waals surface area contributed by atoms with Crippen molar-refractivity contribution in [1.29, 1.82) is 0 Å². The van der Waals surface area contributed by atoms with Gasteiger partial charge in [0.2, 0.25) is 0 Å².